The van der Waals surface area contributed by atoms with Crippen LogP contribution in [0.3, 0.4) is 0 Å². The fourth-order valence-electron chi connectivity index (χ4n) is 2.26. The first kappa shape index (κ1) is 19.5. The molecule has 0 spiro atoms. The number of carbonyl (C=O) groups excluding carboxylic acids is 1. The summed E-state index contributed by atoms with van der Waals surface area (Å²) < 4.78 is 16.0. The Bertz CT molecular complexity index is 537. The van der Waals surface area contributed by atoms with Crippen LogP contribution in [-0.4, -0.2) is 45.4 Å². The van der Waals surface area contributed by atoms with Crippen molar-refractivity contribution in [3.8, 4) is 11.5 Å². The van der Waals surface area contributed by atoms with Gasteiger partial charge < -0.3 is 25.3 Å². The Kier molecular flexibility index (Phi) is 7.12. The van der Waals surface area contributed by atoms with Crippen molar-refractivity contribution in [2.24, 2.45) is 5.73 Å². The van der Waals surface area contributed by atoms with Crippen LogP contribution < -0.4 is 20.5 Å². The normalized spacial score (nSPS) is 14.6. The summed E-state index contributed by atoms with van der Waals surface area (Å²) in [6.45, 7) is 5.92. The molecular formula is C16H25ClN2O4. The lowest BCUT2D eigenvalue weighted by molar-refractivity contribution is -0.123. The molecule has 1 amide bonds. The molecule has 0 saturated heterocycles. The van der Waals surface area contributed by atoms with Gasteiger partial charge in [0.15, 0.2) is 11.5 Å². The molecule has 3 N–H and O–H groups in total. The number of ether oxygens (including phenoxy) is 3. The van der Waals surface area contributed by atoms with Crippen LogP contribution in [0.2, 0.25) is 0 Å². The second-order valence-corrected chi connectivity index (χ2v) is 6.02. The number of methoxy groups -OCH3 is 1. The average Bonchev–Trinajstić information content (AvgIpc) is 2.52. The van der Waals surface area contributed by atoms with E-state index in [1.165, 1.54) is 7.11 Å². The second-order valence-electron chi connectivity index (χ2n) is 6.02. The third-order valence-corrected chi connectivity index (χ3v) is 3.71. The van der Waals surface area contributed by atoms with E-state index in [1.54, 1.807) is 0 Å². The van der Waals surface area contributed by atoms with Crippen molar-refractivity contribution in [3.05, 3.63) is 23.8 Å². The maximum Gasteiger partial charge on any atom is 0.239 e. The highest BCUT2D eigenvalue weighted by Crippen LogP contribution is 2.34. The number of amides is 1. The summed E-state index contributed by atoms with van der Waals surface area (Å²) >= 11 is 0. The predicted molar refractivity (Wildman–Crippen MR) is 90.6 cm³/mol. The van der Waals surface area contributed by atoms with E-state index in [4.69, 9.17) is 19.9 Å². The lowest BCUT2D eigenvalue weighted by Gasteiger charge is -2.28. The zero-order valence-electron chi connectivity index (χ0n) is 13.8. The van der Waals surface area contributed by atoms with Gasteiger partial charge in [0.05, 0.1) is 6.61 Å². The zero-order valence-corrected chi connectivity index (χ0v) is 14.6. The van der Waals surface area contributed by atoms with Crippen LogP contribution in [0.4, 0.5) is 0 Å². The van der Waals surface area contributed by atoms with Gasteiger partial charge in [0, 0.05) is 19.1 Å². The van der Waals surface area contributed by atoms with Gasteiger partial charge >= 0.3 is 0 Å². The third-order valence-electron chi connectivity index (χ3n) is 3.71. The van der Waals surface area contributed by atoms with Crippen LogP contribution in [-0.2, 0) is 14.9 Å². The topological polar surface area (TPSA) is 82.8 Å². The van der Waals surface area contributed by atoms with Gasteiger partial charge in [-0.3, -0.25) is 4.79 Å². The molecule has 6 nitrogen and oxygen atoms in total. The number of nitrogens with two attached hydrogens (primary N) is 1. The fraction of sp³-hybridized carbons (Fsp3) is 0.562. The van der Waals surface area contributed by atoms with Crippen LogP contribution in [0.5, 0.6) is 11.5 Å². The molecule has 0 saturated carbocycles. The molecule has 1 unspecified atom stereocenters. The largest absolute Gasteiger partial charge is 0.486 e. The minimum Gasteiger partial charge on any atom is -0.486 e. The highest BCUT2D eigenvalue weighted by Gasteiger charge is 2.25. The number of fused-ring (bicyclic) bond motifs is 1. The Labute approximate surface area is 143 Å². The second kappa shape index (κ2) is 8.38. The number of benzene rings is 1. The fourth-order valence-corrected chi connectivity index (χ4v) is 2.26. The molecule has 130 valence electrons. The average molecular weight is 345 g/mol. The van der Waals surface area contributed by atoms with Crippen molar-refractivity contribution in [2.75, 3.05) is 33.5 Å². The molecule has 1 heterocycles. The van der Waals surface area contributed by atoms with E-state index in [2.05, 4.69) is 19.2 Å². The molecule has 2 rings (SSSR count). The van der Waals surface area contributed by atoms with E-state index in [0.717, 1.165) is 17.1 Å². The Morgan fingerprint density at radius 3 is 2.65 bits per heavy atom. The Morgan fingerprint density at radius 1 is 1.35 bits per heavy atom. The molecule has 0 bridgehead atoms. The summed E-state index contributed by atoms with van der Waals surface area (Å²) in [4.78, 5) is 11.9. The summed E-state index contributed by atoms with van der Waals surface area (Å²) in [6.07, 6.45) is 0. The molecule has 0 fully saturated rings. The van der Waals surface area contributed by atoms with Gasteiger partial charge in [-0.1, -0.05) is 19.9 Å². The van der Waals surface area contributed by atoms with Gasteiger partial charge in [0.25, 0.3) is 0 Å². The van der Waals surface area contributed by atoms with Gasteiger partial charge in [0.1, 0.15) is 19.3 Å². The minimum atomic E-state index is -0.652. The summed E-state index contributed by atoms with van der Waals surface area (Å²) in [5, 5.41) is 2.87. The number of rotatable bonds is 6. The molecule has 1 aromatic rings. The Hall–Kier alpha value is -1.50. The summed E-state index contributed by atoms with van der Waals surface area (Å²) in [5.41, 5.74) is 6.53. The first-order chi connectivity index (χ1) is 10.4. The van der Waals surface area contributed by atoms with E-state index in [0.29, 0.717) is 19.8 Å². The molecule has 23 heavy (non-hydrogen) atoms. The van der Waals surface area contributed by atoms with Crippen LogP contribution in [0.1, 0.15) is 19.4 Å². The summed E-state index contributed by atoms with van der Waals surface area (Å²) in [5.74, 6) is 1.30. The Balaban J connectivity index is 0.00000264. The molecule has 0 radical (unpaired) electrons. The molecule has 1 aliphatic heterocycles. The van der Waals surface area contributed by atoms with E-state index in [-0.39, 0.29) is 30.3 Å². The van der Waals surface area contributed by atoms with Gasteiger partial charge in [-0.2, -0.15) is 0 Å². The maximum atomic E-state index is 11.9. The lowest BCUT2D eigenvalue weighted by Crippen LogP contribution is -2.47. The highest BCUT2D eigenvalue weighted by atomic mass is 35.5. The molecule has 7 heteroatoms. The van der Waals surface area contributed by atoms with Crippen molar-refractivity contribution in [2.45, 2.75) is 25.3 Å². The zero-order chi connectivity index (χ0) is 16.2. The standard InChI is InChI=1S/C16H24N2O4.ClH/c1-16(2,10-18-15(19)12(17)9-20-3)11-4-5-13-14(8-11)22-7-6-21-13;/h4-5,8,12H,6-7,9-10,17H2,1-3H3,(H,18,19);1H. The SMILES string of the molecule is COCC(N)C(=O)NCC(C)(C)c1ccc2c(c1)OCCO2.Cl. The maximum absolute atomic E-state index is 11.9. The number of hydrogen-bond donors (Lipinski definition) is 2. The quantitative estimate of drug-likeness (QED) is 0.811. The number of halogens is 1. The molecule has 0 aromatic heterocycles. The number of nitrogens with one attached hydrogen (secondary N) is 1. The highest BCUT2D eigenvalue weighted by molar-refractivity contribution is 5.85. The molecular weight excluding hydrogens is 320 g/mol. The van der Waals surface area contributed by atoms with E-state index >= 15 is 0 Å². The molecule has 1 aromatic carbocycles. The first-order valence-corrected chi connectivity index (χ1v) is 7.36. The number of hydrogen-bond acceptors (Lipinski definition) is 5. The van der Waals surface area contributed by atoms with Crippen molar-refractivity contribution in [1.29, 1.82) is 0 Å². The minimum absolute atomic E-state index is 0. The molecule has 0 aliphatic carbocycles. The smallest absolute Gasteiger partial charge is 0.239 e. The summed E-state index contributed by atoms with van der Waals surface area (Å²) in [7, 11) is 1.52. The lowest BCUT2D eigenvalue weighted by atomic mass is 9.84. The third kappa shape index (κ3) is 4.99. The van der Waals surface area contributed by atoms with Crippen molar-refractivity contribution < 1.29 is 19.0 Å². The first-order valence-electron chi connectivity index (χ1n) is 7.36. The molecule has 1 aliphatic rings. The van der Waals surface area contributed by atoms with Crippen LogP contribution >= 0.6 is 12.4 Å². The van der Waals surface area contributed by atoms with Crippen molar-refractivity contribution >= 4 is 18.3 Å². The van der Waals surface area contributed by atoms with Crippen LogP contribution in [0.25, 0.3) is 0 Å². The van der Waals surface area contributed by atoms with E-state index in [9.17, 15) is 4.79 Å². The monoisotopic (exact) mass is 344 g/mol. The van der Waals surface area contributed by atoms with Gasteiger partial charge in [-0.05, 0) is 17.7 Å². The van der Waals surface area contributed by atoms with Crippen molar-refractivity contribution in [3.63, 3.8) is 0 Å². The summed E-state index contributed by atoms with van der Waals surface area (Å²) in [6, 6.07) is 5.22. The Morgan fingerprint density at radius 2 is 2.00 bits per heavy atom. The van der Waals surface area contributed by atoms with E-state index in [1.807, 2.05) is 18.2 Å². The van der Waals surface area contributed by atoms with Gasteiger partial charge in [-0.15, -0.1) is 12.4 Å². The van der Waals surface area contributed by atoms with Gasteiger partial charge in [0.2, 0.25) is 5.91 Å². The van der Waals surface area contributed by atoms with Gasteiger partial charge in [-0.25, -0.2) is 0 Å². The van der Waals surface area contributed by atoms with Crippen LogP contribution in [0, 0.1) is 0 Å². The van der Waals surface area contributed by atoms with E-state index < -0.39 is 6.04 Å². The molecule has 1 atom stereocenters. The number of carbonyl (C=O) groups is 1. The van der Waals surface area contributed by atoms with Crippen LogP contribution in [0.15, 0.2) is 18.2 Å². The van der Waals surface area contributed by atoms with Crippen molar-refractivity contribution in [1.82, 2.24) is 5.32 Å². The predicted octanol–water partition coefficient (Wildman–Crippen LogP) is 1.25.